The molecule has 5 heteroatoms. The minimum absolute atomic E-state index is 0.109. The fourth-order valence-electron chi connectivity index (χ4n) is 19.3. The highest BCUT2D eigenvalue weighted by Gasteiger charge is 2.27. The minimum atomic E-state index is -0.232. The van der Waals surface area contributed by atoms with Crippen LogP contribution in [0.25, 0.3) is 213 Å². The quantitative estimate of drug-likeness (QED) is 0.153. The summed E-state index contributed by atoms with van der Waals surface area (Å²) in [5, 5.41) is 39.6. The summed E-state index contributed by atoms with van der Waals surface area (Å²) in [5.41, 5.74) is 19.9. The van der Waals surface area contributed by atoms with Gasteiger partial charge in [0.25, 0.3) is 0 Å². The Morgan fingerprint density at radius 3 is 0.771 bits per heavy atom. The van der Waals surface area contributed by atoms with Crippen LogP contribution in [0.4, 0.5) is 4.39 Å². The number of para-hydroxylation sites is 3. The summed E-state index contributed by atoms with van der Waals surface area (Å²) in [6.07, 6.45) is 0. The van der Waals surface area contributed by atoms with E-state index < -0.39 is 0 Å². The summed E-state index contributed by atoms with van der Waals surface area (Å²) in [6, 6.07) is 145. The Morgan fingerprint density at radius 2 is 0.475 bits per heavy atom. The Hall–Kier alpha value is -15.2. The second-order valence-corrected chi connectivity index (χ2v) is 32.1. The molecule has 0 aliphatic heterocycles. The molecule has 0 spiro atoms. The molecule has 0 bridgehead atoms. The highest BCUT2D eigenvalue weighted by Crippen LogP contribution is 2.52. The molecular weight excluding hydrogens is 1430 g/mol. The van der Waals surface area contributed by atoms with Gasteiger partial charge < -0.3 is 13.7 Å². The Morgan fingerprint density at radius 1 is 0.229 bits per heavy atom. The van der Waals surface area contributed by atoms with Crippen molar-refractivity contribution >= 4 is 162 Å². The third-order valence-electron chi connectivity index (χ3n) is 24.5. The zero-order chi connectivity index (χ0) is 78.9. The molecule has 118 heavy (non-hydrogen) atoms. The van der Waals surface area contributed by atoms with E-state index in [9.17, 15) is 9.65 Å². The maximum absolute atomic E-state index is 14.0. The van der Waals surface area contributed by atoms with E-state index in [1.165, 1.54) is 190 Å². The molecule has 0 saturated heterocycles. The standard InChI is InChI=1S/C40H31N.C37H22N2.C36H22FN/c1-40(2,3)27-21-23-28(24-22-27)41-36-20-12-11-19-33(36)38-37-31-17-9-7-15-29(31)34(26-13-5-4-6-14-26)25-35(37)30-16-8-10-18-32(30)39(38)41;38-23-24-18-20-26(21-19-24)39-34-17-9-8-16-31(34)36-35-29-14-6-4-12-27(29)32(25-10-2-1-3-11-25)22-33(35)28-13-5-7-15-30(28)37(36)39;37-24-18-20-25(21-19-24)38-33-17-9-8-16-30(33)35-34-28-14-6-4-12-26(28)31(23-10-2-1-3-11-23)22-32(34)27-13-5-7-15-29(27)36(35)38/h4-25H,1-3H3;1-22H;1-22H. The Balaban J connectivity index is 0.000000107. The second-order valence-electron chi connectivity index (χ2n) is 32.1. The highest BCUT2D eigenvalue weighted by atomic mass is 19.1. The van der Waals surface area contributed by atoms with Gasteiger partial charge in [0.1, 0.15) is 5.82 Å². The maximum Gasteiger partial charge on any atom is 0.123 e. The van der Waals surface area contributed by atoms with E-state index in [-0.39, 0.29) is 11.2 Å². The Kier molecular flexibility index (Phi) is 16.4. The van der Waals surface area contributed by atoms with E-state index in [4.69, 9.17) is 0 Å². The molecular formula is C113H75FN4. The highest BCUT2D eigenvalue weighted by molar-refractivity contribution is 6.41. The lowest BCUT2D eigenvalue weighted by atomic mass is 9.87. The van der Waals surface area contributed by atoms with Crippen LogP contribution in [0.15, 0.2) is 400 Å². The number of rotatable bonds is 6. The molecule has 0 N–H and O–H groups in total. The van der Waals surface area contributed by atoms with Crippen molar-refractivity contribution in [2.24, 2.45) is 0 Å². The molecule has 554 valence electrons. The van der Waals surface area contributed by atoms with Gasteiger partial charge in [-0.05, 0) is 206 Å². The van der Waals surface area contributed by atoms with Gasteiger partial charge in [0.15, 0.2) is 0 Å². The van der Waals surface area contributed by atoms with Crippen LogP contribution >= 0.6 is 0 Å². The monoisotopic (exact) mass is 1510 g/mol. The molecule has 3 aromatic heterocycles. The van der Waals surface area contributed by atoms with Crippen molar-refractivity contribution in [2.45, 2.75) is 26.2 Å². The second kappa shape index (κ2) is 27.8. The van der Waals surface area contributed by atoms with Gasteiger partial charge in [-0.15, -0.1) is 0 Å². The fraction of sp³-hybridized carbons (Fsp3) is 0.0354. The van der Waals surface area contributed by atoms with Crippen molar-refractivity contribution in [2.75, 3.05) is 0 Å². The smallest absolute Gasteiger partial charge is 0.123 e. The predicted octanol–water partition coefficient (Wildman–Crippen LogP) is 31.0. The van der Waals surface area contributed by atoms with Crippen LogP contribution in [-0.2, 0) is 5.41 Å². The minimum Gasteiger partial charge on any atom is -0.309 e. The molecule has 4 nitrogen and oxygen atoms in total. The number of nitriles is 1. The zero-order valence-electron chi connectivity index (χ0n) is 65.3. The average Bonchev–Trinajstić information content (AvgIpc) is 1.53. The molecule has 3 heterocycles. The van der Waals surface area contributed by atoms with Gasteiger partial charge >= 0.3 is 0 Å². The molecule has 0 fully saturated rings. The Bertz CT molecular complexity index is 8250. The SMILES string of the molecule is CC(C)(C)c1ccc(-n2c3ccccc3c3c4c5ccccc5c(-c5ccccc5)cc4c4ccccc4c32)cc1.Fc1ccc(-n2c3ccccc3c3c4c5ccccc5c(-c5ccccc5)cc4c4ccccc4c32)cc1.N#Cc1ccc(-n2c3ccccc3c3c4c5ccccc5c(-c5ccccc5)cc4c4ccccc4c32)cc1. The molecule has 0 aliphatic rings. The van der Waals surface area contributed by atoms with Gasteiger partial charge in [0.2, 0.25) is 0 Å². The molecule has 24 aromatic rings. The summed E-state index contributed by atoms with van der Waals surface area (Å²) in [6.45, 7) is 6.82. The average molecular weight is 1510 g/mol. The molecule has 0 saturated carbocycles. The van der Waals surface area contributed by atoms with Gasteiger partial charge in [0.05, 0.1) is 44.7 Å². The zero-order valence-corrected chi connectivity index (χ0v) is 65.3. The molecule has 0 aliphatic carbocycles. The van der Waals surface area contributed by atoms with Crippen LogP contribution in [-0.4, -0.2) is 13.7 Å². The van der Waals surface area contributed by atoms with Gasteiger partial charge in [0, 0.05) is 81.7 Å². The van der Waals surface area contributed by atoms with Crippen LogP contribution in [0.3, 0.4) is 0 Å². The number of benzene rings is 21. The number of hydrogen-bond donors (Lipinski definition) is 0. The molecule has 0 atom stereocenters. The topological polar surface area (TPSA) is 38.6 Å². The van der Waals surface area contributed by atoms with Gasteiger partial charge in [-0.2, -0.15) is 5.26 Å². The van der Waals surface area contributed by atoms with Crippen molar-refractivity contribution < 1.29 is 4.39 Å². The molecule has 0 unspecified atom stereocenters. The predicted molar refractivity (Wildman–Crippen MR) is 500 cm³/mol. The number of halogens is 1. The summed E-state index contributed by atoms with van der Waals surface area (Å²) < 4.78 is 21.1. The van der Waals surface area contributed by atoms with Crippen molar-refractivity contribution in [3.8, 4) is 56.5 Å². The van der Waals surface area contributed by atoms with Gasteiger partial charge in [-0.25, -0.2) is 4.39 Å². The van der Waals surface area contributed by atoms with Crippen molar-refractivity contribution in [1.29, 1.82) is 5.26 Å². The molecule has 24 rings (SSSR count). The summed E-state index contributed by atoms with van der Waals surface area (Å²) >= 11 is 0. The van der Waals surface area contributed by atoms with Gasteiger partial charge in [-0.1, -0.05) is 324 Å². The maximum atomic E-state index is 14.0. The van der Waals surface area contributed by atoms with Crippen LogP contribution in [0.5, 0.6) is 0 Å². The normalized spacial score (nSPS) is 11.9. The number of aromatic nitrogens is 3. The van der Waals surface area contributed by atoms with Crippen LogP contribution < -0.4 is 0 Å². The molecule has 0 radical (unpaired) electrons. The Labute approximate surface area is 681 Å². The van der Waals surface area contributed by atoms with E-state index in [0.717, 1.165) is 27.9 Å². The summed E-state index contributed by atoms with van der Waals surface area (Å²) in [7, 11) is 0. The lowest BCUT2D eigenvalue weighted by Gasteiger charge is -2.20. The third kappa shape index (κ3) is 11.0. The van der Waals surface area contributed by atoms with E-state index in [0.29, 0.717) is 5.56 Å². The first kappa shape index (κ1) is 69.5. The van der Waals surface area contributed by atoms with Gasteiger partial charge in [-0.3, -0.25) is 0 Å². The molecule has 0 amide bonds. The number of hydrogen-bond acceptors (Lipinski definition) is 1. The van der Waals surface area contributed by atoms with Crippen molar-refractivity contribution in [3.63, 3.8) is 0 Å². The first-order chi connectivity index (χ1) is 58.1. The van der Waals surface area contributed by atoms with E-state index in [1.807, 2.05) is 24.3 Å². The first-order valence-corrected chi connectivity index (χ1v) is 40.5. The number of fused-ring (bicyclic) bond motifs is 30. The molecule has 21 aromatic carbocycles. The van der Waals surface area contributed by atoms with Crippen LogP contribution in [0.1, 0.15) is 31.9 Å². The van der Waals surface area contributed by atoms with E-state index in [2.05, 4.69) is 405 Å². The number of nitrogens with zero attached hydrogens (tertiary/aromatic N) is 4. The van der Waals surface area contributed by atoms with Crippen molar-refractivity contribution in [1.82, 2.24) is 13.7 Å². The largest absolute Gasteiger partial charge is 0.309 e. The lowest BCUT2D eigenvalue weighted by molar-refractivity contribution is 0.590. The van der Waals surface area contributed by atoms with Crippen LogP contribution in [0.2, 0.25) is 0 Å². The first-order valence-electron chi connectivity index (χ1n) is 40.5. The van der Waals surface area contributed by atoms with Crippen molar-refractivity contribution in [3.05, 3.63) is 417 Å². The van der Waals surface area contributed by atoms with E-state index in [1.54, 1.807) is 12.1 Å². The fourth-order valence-corrected chi connectivity index (χ4v) is 19.3. The summed E-state index contributed by atoms with van der Waals surface area (Å²) in [5.74, 6) is -0.232. The van der Waals surface area contributed by atoms with E-state index >= 15 is 0 Å². The third-order valence-corrected chi connectivity index (χ3v) is 24.5. The van der Waals surface area contributed by atoms with Crippen LogP contribution in [0, 0.1) is 17.1 Å². The summed E-state index contributed by atoms with van der Waals surface area (Å²) in [4.78, 5) is 0. The lowest BCUT2D eigenvalue weighted by Crippen LogP contribution is -2.10.